The van der Waals surface area contributed by atoms with Gasteiger partial charge in [0.1, 0.15) is 0 Å². The van der Waals surface area contributed by atoms with Gasteiger partial charge in [0.2, 0.25) is 5.56 Å². The minimum absolute atomic E-state index is 0.211. The van der Waals surface area contributed by atoms with Crippen molar-refractivity contribution in [2.24, 2.45) is 0 Å². The molecule has 2 aromatic heterocycles. The first-order chi connectivity index (χ1) is 7.75. The van der Waals surface area contributed by atoms with Gasteiger partial charge in [0.05, 0.1) is 5.56 Å². The van der Waals surface area contributed by atoms with Crippen molar-refractivity contribution in [2.45, 2.75) is 6.54 Å². The number of amides is 1. The highest BCUT2D eigenvalue weighted by atomic mass is 16.1. The maximum absolute atomic E-state index is 11.6. The van der Waals surface area contributed by atoms with Crippen LogP contribution in [0.4, 0.5) is 0 Å². The van der Waals surface area contributed by atoms with E-state index in [4.69, 9.17) is 0 Å². The van der Waals surface area contributed by atoms with E-state index in [-0.39, 0.29) is 11.5 Å². The molecule has 0 saturated heterocycles. The minimum Gasteiger partial charge on any atom is -0.367 e. The molecule has 16 heavy (non-hydrogen) atoms. The number of carbonyl (C=O) groups excluding carboxylic acids is 1. The van der Waals surface area contributed by atoms with Crippen molar-refractivity contribution >= 4 is 5.91 Å². The lowest BCUT2D eigenvalue weighted by Crippen LogP contribution is -2.23. The molecule has 5 nitrogen and oxygen atoms in total. The Labute approximate surface area is 91.5 Å². The van der Waals surface area contributed by atoms with Crippen molar-refractivity contribution in [2.75, 3.05) is 0 Å². The lowest BCUT2D eigenvalue weighted by molar-refractivity contribution is 0.0950. The Hall–Kier alpha value is -2.30. The molecule has 1 amide bonds. The average Bonchev–Trinajstić information content (AvgIpc) is 2.80. The van der Waals surface area contributed by atoms with E-state index in [1.54, 1.807) is 6.20 Å². The van der Waals surface area contributed by atoms with Gasteiger partial charge < -0.3 is 15.3 Å². The van der Waals surface area contributed by atoms with E-state index in [0.717, 1.165) is 5.56 Å². The number of hydrogen-bond donors (Lipinski definition) is 3. The second-order valence-corrected chi connectivity index (χ2v) is 3.34. The topological polar surface area (TPSA) is 77.8 Å². The van der Waals surface area contributed by atoms with Crippen LogP contribution < -0.4 is 10.9 Å². The van der Waals surface area contributed by atoms with Crippen molar-refractivity contribution in [1.29, 1.82) is 0 Å². The SMILES string of the molecule is O=C(NCc1cc[nH]c1)c1ccc(=O)[nH]c1. The molecule has 0 aliphatic carbocycles. The molecule has 0 aliphatic rings. The number of rotatable bonds is 3. The Balaban J connectivity index is 1.98. The van der Waals surface area contributed by atoms with Crippen molar-refractivity contribution < 1.29 is 4.79 Å². The number of pyridine rings is 1. The number of aromatic amines is 2. The van der Waals surface area contributed by atoms with Crippen LogP contribution in [0.5, 0.6) is 0 Å². The van der Waals surface area contributed by atoms with E-state index in [0.29, 0.717) is 12.1 Å². The summed E-state index contributed by atoms with van der Waals surface area (Å²) in [6.07, 6.45) is 5.00. The molecule has 0 saturated carbocycles. The fourth-order valence-electron chi connectivity index (χ4n) is 1.30. The van der Waals surface area contributed by atoms with Gasteiger partial charge in [0, 0.05) is 31.2 Å². The Bertz CT molecular complexity index is 508. The third-order valence-electron chi connectivity index (χ3n) is 2.16. The fraction of sp³-hybridized carbons (Fsp3) is 0.0909. The monoisotopic (exact) mass is 217 g/mol. The van der Waals surface area contributed by atoms with E-state index in [2.05, 4.69) is 15.3 Å². The van der Waals surface area contributed by atoms with Gasteiger partial charge in [0.25, 0.3) is 5.91 Å². The summed E-state index contributed by atoms with van der Waals surface area (Å²) in [7, 11) is 0. The lowest BCUT2D eigenvalue weighted by Gasteiger charge is -2.02. The van der Waals surface area contributed by atoms with Crippen molar-refractivity contribution in [3.05, 3.63) is 58.3 Å². The van der Waals surface area contributed by atoms with Crippen LogP contribution >= 0.6 is 0 Å². The quantitative estimate of drug-likeness (QED) is 0.705. The van der Waals surface area contributed by atoms with E-state index in [1.165, 1.54) is 18.3 Å². The first kappa shape index (κ1) is 10.2. The van der Waals surface area contributed by atoms with E-state index >= 15 is 0 Å². The maximum Gasteiger partial charge on any atom is 0.253 e. The van der Waals surface area contributed by atoms with Crippen LogP contribution in [-0.2, 0) is 6.54 Å². The van der Waals surface area contributed by atoms with Crippen LogP contribution in [0, 0.1) is 0 Å². The normalized spacial score (nSPS) is 10.0. The van der Waals surface area contributed by atoms with Crippen LogP contribution in [0.2, 0.25) is 0 Å². The number of aromatic nitrogens is 2. The van der Waals surface area contributed by atoms with Crippen molar-refractivity contribution in [1.82, 2.24) is 15.3 Å². The molecule has 0 unspecified atom stereocenters. The highest BCUT2D eigenvalue weighted by Crippen LogP contribution is 1.97. The van der Waals surface area contributed by atoms with Crippen LogP contribution in [0.15, 0.2) is 41.6 Å². The maximum atomic E-state index is 11.6. The van der Waals surface area contributed by atoms with E-state index in [9.17, 15) is 9.59 Å². The van der Waals surface area contributed by atoms with Crippen LogP contribution in [0.1, 0.15) is 15.9 Å². The Morgan fingerprint density at radius 2 is 2.12 bits per heavy atom. The second-order valence-electron chi connectivity index (χ2n) is 3.34. The zero-order chi connectivity index (χ0) is 11.4. The molecule has 3 N–H and O–H groups in total. The molecule has 0 radical (unpaired) electrons. The standard InChI is InChI=1S/C11H11N3O2/c15-10-2-1-9(7-13-10)11(16)14-6-8-3-4-12-5-8/h1-5,7,12H,6H2,(H,13,15)(H,14,16). The van der Waals surface area contributed by atoms with Crippen LogP contribution in [0.3, 0.4) is 0 Å². The minimum atomic E-state index is -0.220. The summed E-state index contributed by atoms with van der Waals surface area (Å²) in [5.41, 5.74) is 1.22. The molecule has 0 aromatic carbocycles. The summed E-state index contributed by atoms with van der Waals surface area (Å²) in [6, 6.07) is 4.70. The summed E-state index contributed by atoms with van der Waals surface area (Å²) in [4.78, 5) is 27.8. The third-order valence-corrected chi connectivity index (χ3v) is 2.16. The zero-order valence-electron chi connectivity index (χ0n) is 8.49. The molecule has 0 spiro atoms. The molecule has 0 fully saturated rings. The molecule has 0 aliphatic heterocycles. The summed E-state index contributed by atoms with van der Waals surface area (Å²) in [6.45, 7) is 0.460. The second kappa shape index (κ2) is 4.48. The van der Waals surface area contributed by atoms with Gasteiger partial charge >= 0.3 is 0 Å². The molecule has 2 rings (SSSR count). The Morgan fingerprint density at radius 3 is 2.75 bits per heavy atom. The van der Waals surface area contributed by atoms with Crippen molar-refractivity contribution in [3.63, 3.8) is 0 Å². The highest BCUT2D eigenvalue weighted by Gasteiger charge is 2.04. The summed E-state index contributed by atoms with van der Waals surface area (Å²) < 4.78 is 0. The van der Waals surface area contributed by atoms with Crippen LogP contribution in [0.25, 0.3) is 0 Å². The number of carbonyl (C=O) groups is 1. The molecule has 5 heteroatoms. The third kappa shape index (κ3) is 2.38. The van der Waals surface area contributed by atoms with E-state index < -0.39 is 0 Å². The Kier molecular flexibility index (Phi) is 2.86. The van der Waals surface area contributed by atoms with Gasteiger partial charge in [-0.15, -0.1) is 0 Å². The highest BCUT2D eigenvalue weighted by molar-refractivity contribution is 5.93. The predicted molar refractivity (Wildman–Crippen MR) is 59.0 cm³/mol. The number of H-pyrrole nitrogens is 2. The lowest BCUT2D eigenvalue weighted by atomic mass is 10.2. The van der Waals surface area contributed by atoms with Gasteiger partial charge in [-0.1, -0.05) is 0 Å². The number of nitrogens with one attached hydrogen (secondary N) is 3. The van der Waals surface area contributed by atoms with Gasteiger partial charge in [-0.2, -0.15) is 0 Å². The molecular weight excluding hydrogens is 206 g/mol. The van der Waals surface area contributed by atoms with E-state index in [1.807, 2.05) is 12.3 Å². The van der Waals surface area contributed by atoms with Gasteiger partial charge in [-0.05, 0) is 17.7 Å². The van der Waals surface area contributed by atoms with Crippen LogP contribution in [-0.4, -0.2) is 15.9 Å². The number of hydrogen-bond acceptors (Lipinski definition) is 2. The molecular formula is C11H11N3O2. The summed E-state index contributed by atoms with van der Waals surface area (Å²) >= 11 is 0. The molecule has 0 atom stereocenters. The predicted octanol–water partition coefficient (Wildman–Crippen LogP) is 0.633. The largest absolute Gasteiger partial charge is 0.367 e. The Morgan fingerprint density at radius 1 is 1.25 bits per heavy atom. The smallest absolute Gasteiger partial charge is 0.253 e. The van der Waals surface area contributed by atoms with Gasteiger partial charge in [0.15, 0.2) is 0 Å². The zero-order valence-corrected chi connectivity index (χ0v) is 8.49. The molecule has 2 heterocycles. The van der Waals surface area contributed by atoms with Gasteiger partial charge in [-0.3, -0.25) is 9.59 Å². The molecule has 0 bridgehead atoms. The summed E-state index contributed by atoms with van der Waals surface area (Å²) in [5.74, 6) is -0.211. The summed E-state index contributed by atoms with van der Waals surface area (Å²) in [5, 5.41) is 2.74. The fourth-order valence-corrected chi connectivity index (χ4v) is 1.30. The first-order valence-corrected chi connectivity index (χ1v) is 4.84. The van der Waals surface area contributed by atoms with Crippen molar-refractivity contribution in [3.8, 4) is 0 Å². The molecule has 2 aromatic rings. The molecule has 82 valence electrons. The average molecular weight is 217 g/mol. The first-order valence-electron chi connectivity index (χ1n) is 4.84. The van der Waals surface area contributed by atoms with Gasteiger partial charge in [-0.25, -0.2) is 0 Å².